The zero-order valence-corrected chi connectivity index (χ0v) is 14.0. The molecular formula is C18H24O6. The molecule has 132 valence electrons. The first-order valence-corrected chi connectivity index (χ1v) is 8.04. The van der Waals surface area contributed by atoms with Crippen molar-refractivity contribution in [3.63, 3.8) is 0 Å². The van der Waals surface area contributed by atoms with Crippen LogP contribution in [0.2, 0.25) is 0 Å². The minimum absolute atomic E-state index is 0.0490. The van der Waals surface area contributed by atoms with E-state index in [1.807, 2.05) is 13.8 Å². The number of aromatic carboxylic acids is 1. The quantitative estimate of drug-likeness (QED) is 0.501. The van der Waals surface area contributed by atoms with Crippen LogP contribution in [0.15, 0.2) is 24.3 Å². The van der Waals surface area contributed by atoms with Gasteiger partial charge in [-0.2, -0.15) is 0 Å². The van der Waals surface area contributed by atoms with Gasteiger partial charge in [-0.3, -0.25) is 4.79 Å². The lowest BCUT2D eigenvalue weighted by molar-refractivity contribution is -0.137. The van der Waals surface area contributed by atoms with Crippen LogP contribution in [-0.4, -0.2) is 34.7 Å². The van der Waals surface area contributed by atoms with Gasteiger partial charge in [0.25, 0.3) is 0 Å². The van der Waals surface area contributed by atoms with Gasteiger partial charge in [-0.1, -0.05) is 26.0 Å². The van der Waals surface area contributed by atoms with Crippen LogP contribution in [0.5, 0.6) is 0 Å². The Balaban J connectivity index is 2.39. The molecule has 0 saturated heterocycles. The first-order valence-electron chi connectivity index (χ1n) is 8.04. The number of aliphatic carboxylic acids is 1. The summed E-state index contributed by atoms with van der Waals surface area (Å²) in [5, 5.41) is 17.7. The monoisotopic (exact) mass is 336 g/mol. The molecule has 1 aromatic carbocycles. The molecule has 0 radical (unpaired) electrons. The summed E-state index contributed by atoms with van der Waals surface area (Å²) in [6.07, 6.45) is 2.25. The number of carbonyl (C=O) groups is 3. The summed E-state index contributed by atoms with van der Waals surface area (Å²) in [6, 6.07) is 5.95. The zero-order chi connectivity index (χ0) is 18.1. The van der Waals surface area contributed by atoms with E-state index in [4.69, 9.17) is 14.9 Å². The topological polar surface area (TPSA) is 101 Å². The van der Waals surface area contributed by atoms with Crippen LogP contribution in [0, 0.1) is 11.8 Å². The smallest absolute Gasteiger partial charge is 0.339 e. The molecule has 1 rings (SSSR count). The van der Waals surface area contributed by atoms with E-state index in [9.17, 15) is 14.4 Å². The maximum absolute atomic E-state index is 12.0. The summed E-state index contributed by atoms with van der Waals surface area (Å²) in [4.78, 5) is 33.6. The zero-order valence-electron chi connectivity index (χ0n) is 14.0. The van der Waals surface area contributed by atoms with E-state index in [2.05, 4.69) is 0 Å². The fourth-order valence-corrected chi connectivity index (χ4v) is 2.42. The lowest BCUT2D eigenvalue weighted by atomic mass is 9.88. The van der Waals surface area contributed by atoms with Crippen molar-refractivity contribution in [1.82, 2.24) is 0 Å². The average Bonchev–Trinajstić information content (AvgIpc) is 2.55. The second-order valence-corrected chi connectivity index (χ2v) is 6.02. The average molecular weight is 336 g/mol. The largest absolute Gasteiger partial charge is 0.481 e. The van der Waals surface area contributed by atoms with Gasteiger partial charge in [-0.15, -0.1) is 0 Å². The Hall–Kier alpha value is -2.37. The third kappa shape index (κ3) is 6.40. The van der Waals surface area contributed by atoms with E-state index in [1.54, 1.807) is 12.1 Å². The van der Waals surface area contributed by atoms with Crippen LogP contribution in [0.1, 0.15) is 60.2 Å². The molecule has 0 fully saturated rings. The van der Waals surface area contributed by atoms with Crippen molar-refractivity contribution in [2.45, 2.75) is 39.5 Å². The number of rotatable bonds is 10. The molecule has 6 heteroatoms. The van der Waals surface area contributed by atoms with Crippen LogP contribution >= 0.6 is 0 Å². The Bertz CT molecular complexity index is 581. The Labute approximate surface area is 141 Å². The Kier molecular flexibility index (Phi) is 7.95. The summed E-state index contributed by atoms with van der Waals surface area (Å²) >= 11 is 0. The van der Waals surface area contributed by atoms with Crippen molar-refractivity contribution in [2.75, 3.05) is 6.61 Å². The fraction of sp³-hybridized carbons (Fsp3) is 0.500. The maximum atomic E-state index is 12.0. The van der Waals surface area contributed by atoms with Gasteiger partial charge >= 0.3 is 17.9 Å². The van der Waals surface area contributed by atoms with Crippen molar-refractivity contribution in [3.05, 3.63) is 35.4 Å². The van der Waals surface area contributed by atoms with Gasteiger partial charge in [0.05, 0.1) is 17.7 Å². The van der Waals surface area contributed by atoms with Crippen molar-refractivity contribution < 1.29 is 29.3 Å². The molecule has 0 saturated carbocycles. The predicted octanol–water partition coefficient (Wildman–Crippen LogP) is 3.46. The standard InChI is InChI=1S/C18H24O6/c1-12(13(2)9-10-16(19)20)6-5-11-24-18(23)15-8-4-3-7-14(15)17(21)22/h3-4,7-8,12-13H,5-6,9-11H2,1-2H3,(H,19,20)(H,21,22). The van der Waals surface area contributed by atoms with Crippen molar-refractivity contribution in [3.8, 4) is 0 Å². The highest BCUT2D eigenvalue weighted by Gasteiger charge is 2.17. The van der Waals surface area contributed by atoms with E-state index < -0.39 is 17.9 Å². The van der Waals surface area contributed by atoms with Gasteiger partial charge < -0.3 is 14.9 Å². The normalized spacial score (nSPS) is 13.1. The number of hydrogen-bond donors (Lipinski definition) is 2. The van der Waals surface area contributed by atoms with E-state index in [0.29, 0.717) is 18.8 Å². The molecular weight excluding hydrogens is 312 g/mol. The van der Waals surface area contributed by atoms with Crippen LogP contribution < -0.4 is 0 Å². The molecule has 0 bridgehead atoms. The van der Waals surface area contributed by atoms with Crippen LogP contribution in [0.4, 0.5) is 0 Å². The second kappa shape index (κ2) is 9.70. The van der Waals surface area contributed by atoms with Crippen LogP contribution in [0.25, 0.3) is 0 Å². The molecule has 24 heavy (non-hydrogen) atoms. The van der Waals surface area contributed by atoms with Gasteiger partial charge in [0.1, 0.15) is 0 Å². The summed E-state index contributed by atoms with van der Waals surface area (Å²) < 4.78 is 5.15. The van der Waals surface area contributed by atoms with E-state index in [1.165, 1.54) is 12.1 Å². The van der Waals surface area contributed by atoms with Gasteiger partial charge in [0, 0.05) is 6.42 Å². The second-order valence-electron chi connectivity index (χ2n) is 6.02. The third-order valence-corrected chi connectivity index (χ3v) is 4.20. The summed E-state index contributed by atoms with van der Waals surface area (Å²) in [6.45, 7) is 4.28. The summed E-state index contributed by atoms with van der Waals surface area (Å²) in [7, 11) is 0. The Morgan fingerprint density at radius 1 is 1.00 bits per heavy atom. The molecule has 0 heterocycles. The predicted molar refractivity (Wildman–Crippen MR) is 88.1 cm³/mol. The number of carboxylic acids is 2. The Morgan fingerprint density at radius 3 is 2.17 bits per heavy atom. The lowest BCUT2D eigenvalue weighted by Crippen LogP contribution is -2.14. The minimum atomic E-state index is -1.16. The van der Waals surface area contributed by atoms with Crippen LogP contribution in [0.3, 0.4) is 0 Å². The van der Waals surface area contributed by atoms with Crippen LogP contribution in [-0.2, 0) is 9.53 Å². The highest BCUT2D eigenvalue weighted by molar-refractivity contribution is 6.02. The van der Waals surface area contributed by atoms with Gasteiger partial charge in [0.2, 0.25) is 0 Å². The van der Waals surface area contributed by atoms with Gasteiger partial charge in [-0.05, 0) is 43.2 Å². The molecule has 1 aromatic rings. The van der Waals surface area contributed by atoms with Crippen molar-refractivity contribution in [2.24, 2.45) is 11.8 Å². The highest BCUT2D eigenvalue weighted by Crippen LogP contribution is 2.21. The van der Waals surface area contributed by atoms with E-state index in [-0.39, 0.29) is 30.1 Å². The molecule has 2 N–H and O–H groups in total. The molecule has 0 aliphatic heterocycles. The lowest BCUT2D eigenvalue weighted by Gasteiger charge is -2.19. The number of carbonyl (C=O) groups excluding carboxylic acids is 1. The molecule has 0 amide bonds. The summed E-state index contributed by atoms with van der Waals surface area (Å²) in [5.74, 6) is -1.98. The maximum Gasteiger partial charge on any atom is 0.339 e. The molecule has 2 unspecified atom stereocenters. The number of ether oxygens (including phenoxy) is 1. The first kappa shape index (κ1) is 19.7. The minimum Gasteiger partial charge on any atom is -0.481 e. The van der Waals surface area contributed by atoms with Crippen molar-refractivity contribution in [1.29, 1.82) is 0 Å². The molecule has 6 nitrogen and oxygen atoms in total. The van der Waals surface area contributed by atoms with Crippen molar-refractivity contribution >= 4 is 17.9 Å². The van der Waals surface area contributed by atoms with Gasteiger partial charge in [-0.25, -0.2) is 9.59 Å². The number of carboxylic acid groups (broad SMARTS) is 2. The SMILES string of the molecule is CC(CCCOC(=O)c1ccccc1C(=O)O)C(C)CCC(=O)O. The third-order valence-electron chi connectivity index (χ3n) is 4.20. The highest BCUT2D eigenvalue weighted by atomic mass is 16.5. The molecule has 0 aliphatic carbocycles. The molecule has 0 spiro atoms. The van der Waals surface area contributed by atoms with E-state index in [0.717, 1.165) is 6.42 Å². The molecule has 2 atom stereocenters. The molecule has 0 aliphatic rings. The number of esters is 1. The summed E-state index contributed by atoms with van der Waals surface area (Å²) in [5.41, 5.74) is -0.0222. The number of hydrogen-bond acceptors (Lipinski definition) is 4. The number of benzene rings is 1. The fourth-order valence-electron chi connectivity index (χ4n) is 2.42. The molecule has 0 aromatic heterocycles. The Morgan fingerprint density at radius 2 is 1.58 bits per heavy atom. The van der Waals surface area contributed by atoms with E-state index >= 15 is 0 Å². The first-order chi connectivity index (χ1) is 11.3. The van der Waals surface area contributed by atoms with Gasteiger partial charge in [0.15, 0.2) is 0 Å².